The zero-order chi connectivity index (χ0) is 11.4. The van der Waals surface area contributed by atoms with E-state index >= 15 is 0 Å². The van der Waals surface area contributed by atoms with Crippen molar-refractivity contribution in [3.63, 3.8) is 0 Å². The summed E-state index contributed by atoms with van der Waals surface area (Å²) in [5, 5.41) is 0. The van der Waals surface area contributed by atoms with Gasteiger partial charge in [-0.05, 0) is 6.92 Å². The molecule has 2 rings (SSSR count). The van der Waals surface area contributed by atoms with Gasteiger partial charge in [-0.1, -0.05) is 30.3 Å². The largest absolute Gasteiger partial charge is 0.348 e. The third kappa shape index (κ3) is 3.71. The minimum atomic E-state index is 0. The van der Waals surface area contributed by atoms with Gasteiger partial charge in [0.05, 0.1) is 5.69 Å². The Hall–Kier alpha value is -1.61. The first kappa shape index (κ1) is 13.5. The van der Waals surface area contributed by atoms with E-state index in [-0.39, 0.29) is 18.2 Å². The molecular formula is C13H15ClN2O. The molecule has 1 aromatic carbocycles. The number of carbonyl (C=O) groups excluding carboxylic acids is 1. The predicted octanol–water partition coefficient (Wildman–Crippen LogP) is 3.02. The van der Waals surface area contributed by atoms with Gasteiger partial charge < -0.3 is 9.78 Å². The van der Waals surface area contributed by atoms with Crippen molar-refractivity contribution in [2.24, 2.45) is 0 Å². The maximum absolute atomic E-state index is 10.9. The van der Waals surface area contributed by atoms with Gasteiger partial charge in [0.2, 0.25) is 0 Å². The standard InChI is InChI=1S/C13H14N2O.ClH/c1-10(16)7-8-13-14-9-12(15-13)11-5-3-2-4-6-11;/h2-6,9H,7-8H2,1H3,(H,14,15);1H. The smallest absolute Gasteiger partial charge is 0.130 e. The minimum absolute atomic E-state index is 0. The Kier molecular flexibility index (Phi) is 4.91. The van der Waals surface area contributed by atoms with Crippen molar-refractivity contribution in [1.82, 2.24) is 9.97 Å². The number of Topliss-reactive ketones (excluding diaryl/α,β-unsaturated/α-hetero) is 1. The lowest BCUT2D eigenvalue weighted by Gasteiger charge is -1.94. The number of benzene rings is 1. The summed E-state index contributed by atoms with van der Waals surface area (Å²) in [6.07, 6.45) is 3.11. The first-order chi connectivity index (χ1) is 7.75. The quantitative estimate of drug-likeness (QED) is 0.907. The first-order valence-electron chi connectivity index (χ1n) is 5.35. The summed E-state index contributed by atoms with van der Waals surface area (Å²) in [5.41, 5.74) is 2.02. The molecule has 1 aromatic heterocycles. The summed E-state index contributed by atoms with van der Waals surface area (Å²) in [6, 6.07) is 9.99. The van der Waals surface area contributed by atoms with E-state index in [4.69, 9.17) is 0 Å². The molecule has 0 fully saturated rings. The predicted molar refractivity (Wildman–Crippen MR) is 70.3 cm³/mol. The van der Waals surface area contributed by atoms with Crippen LogP contribution in [0.2, 0.25) is 0 Å². The van der Waals surface area contributed by atoms with Gasteiger partial charge in [-0.15, -0.1) is 12.4 Å². The number of halogens is 1. The van der Waals surface area contributed by atoms with Crippen LogP contribution >= 0.6 is 12.4 Å². The topological polar surface area (TPSA) is 45.8 Å². The highest BCUT2D eigenvalue weighted by molar-refractivity contribution is 5.85. The second-order valence-corrected chi connectivity index (χ2v) is 3.80. The summed E-state index contributed by atoms with van der Waals surface area (Å²) in [5.74, 6) is 1.06. The Morgan fingerprint density at radius 3 is 2.65 bits per heavy atom. The van der Waals surface area contributed by atoms with Gasteiger partial charge in [0, 0.05) is 24.6 Å². The van der Waals surface area contributed by atoms with Crippen molar-refractivity contribution >= 4 is 18.2 Å². The normalized spacial score (nSPS) is 9.71. The molecule has 0 aliphatic carbocycles. The number of aromatic amines is 1. The Labute approximate surface area is 107 Å². The highest BCUT2D eigenvalue weighted by atomic mass is 35.5. The number of rotatable bonds is 4. The molecule has 0 saturated carbocycles. The van der Waals surface area contributed by atoms with Crippen molar-refractivity contribution in [2.75, 3.05) is 0 Å². The fourth-order valence-electron chi connectivity index (χ4n) is 1.54. The second-order valence-electron chi connectivity index (χ2n) is 3.80. The third-order valence-corrected chi connectivity index (χ3v) is 2.41. The van der Waals surface area contributed by atoms with Crippen LogP contribution in [-0.4, -0.2) is 15.8 Å². The number of ketones is 1. The maximum atomic E-state index is 10.9. The average Bonchev–Trinajstić information content (AvgIpc) is 2.76. The molecule has 0 bridgehead atoms. The number of imidazole rings is 1. The molecule has 0 amide bonds. The van der Waals surface area contributed by atoms with Crippen molar-refractivity contribution in [1.29, 1.82) is 0 Å². The third-order valence-electron chi connectivity index (χ3n) is 2.41. The highest BCUT2D eigenvalue weighted by Crippen LogP contribution is 2.16. The Bertz CT molecular complexity index is 479. The first-order valence-corrected chi connectivity index (χ1v) is 5.35. The summed E-state index contributed by atoms with van der Waals surface area (Å²) in [4.78, 5) is 18.4. The fourth-order valence-corrected chi connectivity index (χ4v) is 1.54. The van der Waals surface area contributed by atoms with E-state index in [9.17, 15) is 4.79 Å². The number of aryl methyl sites for hydroxylation is 1. The SMILES string of the molecule is CC(=O)CCc1nc(-c2ccccc2)c[nH]1.Cl. The van der Waals surface area contributed by atoms with E-state index < -0.39 is 0 Å². The Morgan fingerprint density at radius 2 is 2.00 bits per heavy atom. The lowest BCUT2D eigenvalue weighted by Crippen LogP contribution is -1.95. The van der Waals surface area contributed by atoms with Gasteiger partial charge >= 0.3 is 0 Å². The van der Waals surface area contributed by atoms with Gasteiger partial charge in [-0.3, -0.25) is 0 Å². The Morgan fingerprint density at radius 1 is 1.29 bits per heavy atom. The molecule has 0 aliphatic heterocycles. The fraction of sp³-hybridized carbons (Fsp3) is 0.231. The van der Waals surface area contributed by atoms with Crippen LogP contribution in [0.5, 0.6) is 0 Å². The molecule has 0 unspecified atom stereocenters. The van der Waals surface area contributed by atoms with Crippen molar-refractivity contribution < 1.29 is 4.79 Å². The lowest BCUT2D eigenvalue weighted by molar-refractivity contribution is -0.117. The molecule has 90 valence electrons. The van der Waals surface area contributed by atoms with Gasteiger partial charge in [0.15, 0.2) is 0 Å². The second kappa shape index (κ2) is 6.21. The summed E-state index contributed by atoms with van der Waals surface area (Å²) in [6.45, 7) is 1.60. The molecule has 0 atom stereocenters. The van der Waals surface area contributed by atoms with Crippen LogP contribution in [0.4, 0.5) is 0 Å². The monoisotopic (exact) mass is 250 g/mol. The summed E-state index contributed by atoms with van der Waals surface area (Å²) in [7, 11) is 0. The number of aromatic nitrogens is 2. The number of hydrogen-bond donors (Lipinski definition) is 1. The van der Waals surface area contributed by atoms with Crippen molar-refractivity contribution in [3.05, 3.63) is 42.4 Å². The highest BCUT2D eigenvalue weighted by Gasteiger charge is 2.04. The molecule has 1 heterocycles. The number of nitrogens with zero attached hydrogens (tertiary/aromatic N) is 1. The number of hydrogen-bond acceptors (Lipinski definition) is 2. The zero-order valence-electron chi connectivity index (χ0n) is 9.64. The van der Waals surface area contributed by atoms with Crippen molar-refractivity contribution in [3.8, 4) is 11.3 Å². The molecule has 0 aliphatic rings. The number of carbonyl (C=O) groups is 1. The van der Waals surface area contributed by atoms with Crippen LogP contribution < -0.4 is 0 Å². The number of nitrogens with one attached hydrogen (secondary N) is 1. The van der Waals surface area contributed by atoms with E-state index in [2.05, 4.69) is 9.97 Å². The van der Waals surface area contributed by atoms with Crippen LogP contribution in [0.15, 0.2) is 36.5 Å². The molecule has 2 aromatic rings. The van der Waals surface area contributed by atoms with Crippen LogP contribution in [0.25, 0.3) is 11.3 Å². The van der Waals surface area contributed by atoms with Gasteiger partial charge in [-0.25, -0.2) is 4.98 Å². The number of H-pyrrole nitrogens is 1. The molecule has 4 heteroatoms. The van der Waals surface area contributed by atoms with E-state index in [0.717, 1.165) is 17.1 Å². The summed E-state index contributed by atoms with van der Waals surface area (Å²) < 4.78 is 0. The van der Waals surface area contributed by atoms with Crippen molar-refractivity contribution in [2.45, 2.75) is 19.8 Å². The van der Waals surface area contributed by atoms with Gasteiger partial charge in [-0.2, -0.15) is 0 Å². The van der Waals surface area contributed by atoms with Crippen LogP contribution in [-0.2, 0) is 11.2 Å². The zero-order valence-corrected chi connectivity index (χ0v) is 10.5. The van der Waals surface area contributed by atoms with E-state index in [1.165, 1.54) is 0 Å². The van der Waals surface area contributed by atoms with Crippen LogP contribution in [0.3, 0.4) is 0 Å². The molecule has 0 saturated heterocycles. The molecule has 17 heavy (non-hydrogen) atoms. The maximum Gasteiger partial charge on any atom is 0.130 e. The lowest BCUT2D eigenvalue weighted by atomic mass is 10.2. The van der Waals surface area contributed by atoms with Crippen LogP contribution in [0, 0.1) is 0 Å². The van der Waals surface area contributed by atoms with E-state index in [0.29, 0.717) is 12.8 Å². The van der Waals surface area contributed by atoms with Gasteiger partial charge in [0.1, 0.15) is 11.6 Å². The molecule has 0 radical (unpaired) electrons. The minimum Gasteiger partial charge on any atom is -0.348 e. The molecule has 0 spiro atoms. The van der Waals surface area contributed by atoms with Gasteiger partial charge in [0.25, 0.3) is 0 Å². The molecule has 1 N–H and O–H groups in total. The Balaban J connectivity index is 0.00000144. The van der Waals surface area contributed by atoms with Crippen LogP contribution in [0.1, 0.15) is 19.2 Å². The van der Waals surface area contributed by atoms with E-state index in [1.807, 2.05) is 36.5 Å². The van der Waals surface area contributed by atoms with E-state index in [1.54, 1.807) is 6.92 Å². The average molecular weight is 251 g/mol. The molecular weight excluding hydrogens is 236 g/mol. The summed E-state index contributed by atoms with van der Waals surface area (Å²) >= 11 is 0. The molecule has 3 nitrogen and oxygen atoms in total.